The van der Waals surface area contributed by atoms with E-state index in [9.17, 15) is 5.11 Å². The first-order chi connectivity index (χ1) is 9.08. The number of β-amino-alcohol motifs (C(OH)–C–C–N with tert-alkyl or cyclic N) is 1. The first-order valence-electron chi connectivity index (χ1n) is 7.81. The van der Waals surface area contributed by atoms with Gasteiger partial charge in [-0.05, 0) is 26.2 Å². The molecular weight excluding hydrogens is 252 g/mol. The molecule has 1 N–H and O–H groups in total. The Labute approximate surface area is 125 Å². The lowest BCUT2D eigenvalue weighted by atomic mass is 9.99. The van der Waals surface area contributed by atoms with Crippen LogP contribution in [0.3, 0.4) is 0 Å². The van der Waals surface area contributed by atoms with Gasteiger partial charge in [0.25, 0.3) is 0 Å². The van der Waals surface area contributed by atoms with Crippen LogP contribution in [0.4, 0.5) is 0 Å². The lowest BCUT2D eigenvalue weighted by Gasteiger charge is -2.42. The van der Waals surface area contributed by atoms with Gasteiger partial charge in [0.2, 0.25) is 0 Å². The molecule has 1 aliphatic heterocycles. The van der Waals surface area contributed by atoms with Crippen molar-refractivity contribution in [3.63, 3.8) is 0 Å². The van der Waals surface area contributed by atoms with Crippen molar-refractivity contribution in [2.45, 2.75) is 53.2 Å². The van der Waals surface area contributed by atoms with Crippen LogP contribution >= 0.6 is 0 Å². The number of rotatable bonds is 5. The van der Waals surface area contributed by atoms with E-state index < -0.39 is 0 Å². The summed E-state index contributed by atoms with van der Waals surface area (Å²) in [6.07, 6.45) is -0.376. The molecule has 1 atom stereocenters. The number of nitrogens with zero attached hydrogens (tertiary/aromatic N) is 2. The van der Waals surface area contributed by atoms with Gasteiger partial charge in [-0.1, -0.05) is 20.8 Å². The Morgan fingerprint density at radius 1 is 1.00 bits per heavy atom. The van der Waals surface area contributed by atoms with Crippen LogP contribution in [0.2, 0.25) is 0 Å². The van der Waals surface area contributed by atoms with Gasteiger partial charge in [0.05, 0.1) is 19.3 Å². The predicted molar refractivity (Wildman–Crippen MR) is 84.0 cm³/mol. The van der Waals surface area contributed by atoms with E-state index in [0.29, 0.717) is 13.2 Å². The molecule has 1 rings (SSSR count). The zero-order chi connectivity index (χ0) is 15.4. The zero-order valence-corrected chi connectivity index (χ0v) is 14.3. The fourth-order valence-electron chi connectivity index (χ4n) is 2.45. The molecule has 0 aliphatic carbocycles. The molecule has 4 heteroatoms. The fourth-order valence-corrected chi connectivity index (χ4v) is 2.45. The number of hydrogen-bond donors (Lipinski definition) is 1. The van der Waals surface area contributed by atoms with Crippen molar-refractivity contribution < 1.29 is 9.84 Å². The molecule has 0 aromatic rings. The summed E-state index contributed by atoms with van der Waals surface area (Å²) in [4.78, 5) is 4.85. The van der Waals surface area contributed by atoms with E-state index in [1.807, 2.05) is 0 Å². The van der Waals surface area contributed by atoms with Crippen LogP contribution in [0.5, 0.6) is 0 Å². The van der Waals surface area contributed by atoms with Crippen LogP contribution < -0.4 is 0 Å². The lowest BCUT2D eigenvalue weighted by molar-refractivity contribution is -0.0182. The average Bonchev–Trinajstić information content (AvgIpc) is 2.26. The summed E-state index contributed by atoms with van der Waals surface area (Å²) in [6.45, 7) is 19.3. The molecule has 20 heavy (non-hydrogen) atoms. The molecule has 0 unspecified atom stereocenters. The highest BCUT2D eigenvalue weighted by Gasteiger charge is 2.26. The maximum atomic E-state index is 10.0. The molecule has 0 radical (unpaired) electrons. The Kier molecular flexibility index (Phi) is 6.45. The summed E-state index contributed by atoms with van der Waals surface area (Å²) in [7, 11) is 0. The minimum Gasteiger partial charge on any atom is -0.389 e. The number of piperazine rings is 1. The zero-order valence-electron chi connectivity index (χ0n) is 14.3. The third kappa shape index (κ3) is 7.02. The topological polar surface area (TPSA) is 35.9 Å². The monoisotopic (exact) mass is 286 g/mol. The second-order valence-corrected chi connectivity index (χ2v) is 8.19. The highest BCUT2D eigenvalue weighted by atomic mass is 16.5. The van der Waals surface area contributed by atoms with Crippen molar-refractivity contribution in [1.82, 2.24) is 9.80 Å². The van der Waals surface area contributed by atoms with Gasteiger partial charge >= 0.3 is 0 Å². The SMILES string of the molecule is CC(C)(C)COC[C@H](O)CN1CCN(C(C)(C)C)CC1. The van der Waals surface area contributed by atoms with Gasteiger partial charge in [0.1, 0.15) is 0 Å². The van der Waals surface area contributed by atoms with Gasteiger partial charge in [-0.25, -0.2) is 0 Å². The minimum atomic E-state index is -0.376. The van der Waals surface area contributed by atoms with Gasteiger partial charge in [0, 0.05) is 38.3 Å². The standard InChI is InChI=1S/C16H34N2O2/c1-15(2,3)13-20-12-14(19)11-17-7-9-18(10-8-17)16(4,5)6/h14,19H,7-13H2,1-6H3/t14-/m1/s1. The van der Waals surface area contributed by atoms with E-state index in [4.69, 9.17) is 4.74 Å². The molecule has 1 fully saturated rings. The largest absolute Gasteiger partial charge is 0.389 e. The summed E-state index contributed by atoms with van der Waals surface area (Å²) in [6, 6.07) is 0. The lowest BCUT2D eigenvalue weighted by Crippen LogP contribution is -2.54. The highest BCUT2D eigenvalue weighted by molar-refractivity contribution is 4.82. The first kappa shape index (κ1) is 17.9. The summed E-state index contributed by atoms with van der Waals surface area (Å²) in [5, 5.41) is 10.0. The molecule has 120 valence electrons. The molecule has 1 saturated heterocycles. The maximum Gasteiger partial charge on any atom is 0.0900 e. The van der Waals surface area contributed by atoms with E-state index in [2.05, 4.69) is 51.3 Å². The smallest absolute Gasteiger partial charge is 0.0900 e. The molecule has 0 saturated carbocycles. The quantitative estimate of drug-likeness (QED) is 0.836. The Bertz CT molecular complexity index is 273. The fraction of sp³-hybridized carbons (Fsp3) is 1.00. The Hall–Kier alpha value is -0.160. The summed E-state index contributed by atoms with van der Waals surface area (Å²) < 4.78 is 5.59. The van der Waals surface area contributed by atoms with E-state index >= 15 is 0 Å². The third-order valence-corrected chi connectivity index (χ3v) is 3.64. The number of aliphatic hydroxyl groups excluding tert-OH is 1. The minimum absolute atomic E-state index is 0.165. The molecule has 4 nitrogen and oxygen atoms in total. The second kappa shape index (κ2) is 7.21. The molecule has 0 aromatic carbocycles. The second-order valence-electron chi connectivity index (χ2n) is 8.19. The van der Waals surface area contributed by atoms with Crippen LogP contribution in [0.1, 0.15) is 41.5 Å². The normalized spacial score (nSPS) is 21.1. The molecule has 0 amide bonds. The molecule has 0 aromatic heterocycles. The van der Waals surface area contributed by atoms with Crippen molar-refractivity contribution in [3.8, 4) is 0 Å². The molecule has 1 aliphatic rings. The first-order valence-corrected chi connectivity index (χ1v) is 7.81. The van der Waals surface area contributed by atoms with Crippen LogP contribution in [0, 0.1) is 5.41 Å². The van der Waals surface area contributed by atoms with Gasteiger partial charge in [-0.3, -0.25) is 9.80 Å². The van der Waals surface area contributed by atoms with Crippen LogP contribution in [0.15, 0.2) is 0 Å². The Morgan fingerprint density at radius 3 is 2.00 bits per heavy atom. The molecule has 0 bridgehead atoms. The third-order valence-electron chi connectivity index (χ3n) is 3.64. The number of ether oxygens (including phenoxy) is 1. The van der Waals surface area contributed by atoms with Gasteiger partial charge in [-0.15, -0.1) is 0 Å². The molecule has 1 heterocycles. The van der Waals surface area contributed by atoms with Crippen molar-refractivity contribution in [3.05, 3.63) is 0 Å². The van der Waals surface area contributed by atoms with Gasteiger partial charge in [-0.2, -0.15) is 0 Å². The Morgan fingerprint density at radius 2 is 1.55 bits per heavy atom. The number of aliphatic hydroxyl groups is 1. The van der Waals surface area contributed by atoms with Crippen molar-refractivity contribution in [1.29, 1.82) is 0 Å². The van der Waals surface area contributed by atoms with Crippen molar-refractivity contribution >= 4 is 0 Å². The highest BCUT2D eigenvalue weighted by Crippen LogP contribution is 2.16. The molecule has 0 spiro atoms. The van der Waals surface area contributed by atoms with Crippen molar-refractivity contribution in [2.75, 3.05) is 45.9 Å². The summed E-state index contributed by atoms with van der Waals surface area (Å²) >= 11 is 0. The summed E-state index contributed by atoms with van der Waals surface area (Å²) in [5.41, 5.74) is 0.415. The maximum absolute atomic E-state index is 10.0. The number of hydrogen-bond acceptors (Lipinski definition) is 4. The van der Waals surface area contributed by atoms with Crippen LogP contribution in [0.25, 0.3) is 0 Å². The van der Waals surface area contributed by atoms with E-state index in [-0.39, 0.29) is 17.1 Å². The van der Waals surface area contributed by atoms with Crippen molar-refractivity contribution in [2.24, 2.45) is 5.41 Å². The predicted octanol–water partition coefficient (Wildman–Crippen LogP) is 1.83. The van der Waals surface area contributed by atoms with Crippen LogP contribution in [-0.4, -0.2) is 72.5 Å². The van der Waals surface area contributed by atoms with Gasteiger partial charge in [0.15, 0.2) is 0 Å². The Balaban J connectivity index is 2.20. The van der Waals surface area contributed by atoms with E-state index in [1.165, 1.54) is 0 Å². The van der Waals surface area contributed by atoms with E-state index in [1.54, 1.807) is 0 Å². The van der Waals surface area contributed by atoms with E-state index in [0.717, 1.165) is 32.7 Å². The average molecular weight is 286 g/mol. The van der Waals surface area contributed by atoms with Gasteiger partial charge < -0.3 is 9.84 Å². The molecular formula is C16H34N2O2. The van der Waals surface area contributed by atoms with Crippen LogP contribution in [-0.2, 0) is 4.74 Å². The summed E-state index contributed by atoms with van der Waals surface area (Å²) in [5.74, 6) is 0.